The van der Waals surface area contributed by atoms with Gasteiger partial charge in [-0.2, -0.15) is 0 Å². The van der Waals surface area contributed by atoms with Crippen molar-refractivity contribution in [3.63, 3.8) is 0 Å². The summed E-state index contributed by atoms with van der Waals surface area (Å²) in [6.45, 7) is 0. The molecule has 1 aromatic rings. The first-order chi connectivity index (χ1) is 5.70. The lowest BCUT2D eigenvalue weighted by Crippen LogP contribution is -1.97. The van der Waals surface area contributed by atoms with Gasteiger partial charge in [0.05, 0.1) is 11.8 Å². The van der Waals surface area contributed by atoms with E-state index in [1.165, 1.54) is 0 Å². The van der Waals surface area contributed by atoms with Crippen LogP contribution in [0.5, 0.6) is 0 Å². The van der Waals surface area contributed by atoms with Crippen molar-refractivity contribution < 1.29 is 8.78 Å². The van der Waals surface area contributed by atoms with Crippen LogP contribution in [0.4, 0.5) is 8.78 Å². The van der Waals surface area contributed by atoms with Crippen molar-refractivity contribution in [2.75, 3.05) is 0 Å². The molecule has 0 fully saturated rings. The minimum Gasteiger partial charge on any atom is -0.207 e. The molecule has 0 N–H and O–H groups in total. The lowest BCUT2D eigenvalue weighted by molar-refractivity contribution is 0.581. The Balaban J connectivity index is 3.28. The summed E-state index contributed by atoms with van der Waals surface area (Å²) in [6, 6.07) is 2.09. The van der Waals surface area contributed by atoms with E-state index in [9.17, 15) is 8.78 Å². The fourth-order valence-corrected chi connectivity index (χ4v) is 1.50. The molecule has 0 amide bonds. The Bertz CT molecular complexity index is 258. The minimum absolute atomic E-state index is 0.0638. The molecule has 1 rings (SSSR count). The molecule has 0 saturated carbocycles. The first-order valence-electron chi connectivity index (χ1n) is 3.28. The molecule has 0 bridgehead atoms. The summed E-state index contributed by atoms with van der Waals surface area (Å²) in [5, 5.41) is 0. The maximum absolute atomic E-state index is 12.9. The molecule has 0 radical (unpaired) electrons. The Kier molecular flexibility index (Phi) is 3.29. The monoisotopic (exact) mass is 210 g/mol. The van der Waals surface area contributed by atoms with Crippen LogP contribution in [0.25, 0.3) is 0 Å². The summed E-state index contributed by atoms with van der Waals surface area (Å²) < 4.78 is 25.8. The van der Waals surface area contributed by atoms with Crippen LogP contribution >= 0.6 is 23.2 Å². The van der Waals surface area contributed by atoms with Crippen LogP contribution in [0, 0.1) is 11.6 Å². The first kappa shape index (κ1) is 9.75. The lowest BCUT2D eigenvalue weighted by Gasteiger charge is -2.05. The van der Waals surface area contributed by atoms with E-state index in [2.05, 4.69) is 0 Å². The second kappa shape index (κ2) is 4.06. The van der Waals surface area contributed by atoms with E-state index < -0.39 is 11.6 Å². The van der Waals surface area contributed by atoms with E-state index in [1.54, 1.807) is 0 Å². The summed E-state index contributed by atoms with van der Waals surface area (Å²) in [5.74, 6) is -1.15. The maximum Gasteiger partial charge on any atom is 0.128 e. The number of rotatable bonds is 2. The van der Waals surface area contributed by atoms with E-state index in [1.807, 2.05) is 0 Å². The zero-order chi connectivity index (χ0) is 9.14. The van der Waals surface area contributed by atoms with Crippen molar-refractivity contribution in [1.29, 1.82) is 0 Å². The topological polar surface area (TPSA) is 0 Å². The Morgan fingerprint density at radius 3 is 1.50 bits per heavy atom. The van der Waals surface area contributed by atoms with Gasteiger partial charge in [-0.25, -0.2) is 8.78 Å². The average molecular weight is 211 g/mol. The molecule has 0 spiro atoms. The highest BCUT2D eigenvalue weighted by Crippen LogP contribution is 2.20. The highest BCUT2D eigenvalue weighted by atomic mass is 35.5. The number of halogens is 4. The van der Waals surface area contributed by atoms with Crippen LogP contribution in [0.15, 0.2) is 12.1 Å². The summed E-state index contributed by atoms with van der Waals surface area (Å²) in [6.07, 6.45) is 0. The summed E-state index contributed by atoms with van der Waals surface area (Å²) >= 11 is 10.8. The van der Waals surface area contributed by atoms with Gasteiger partial charge >= 0.3 is 0 Å². The lowest BCUT2D eigenvalue weighted by atomic mass is 10.1. The molecule has 0 nitrogen and oxygen atoms in total. The zero-order valence-electron chi connectivity index (χ0n) is 6.08. The summed E-state index contributed by atoms with van der Waals surface area (Å²) in [4.78, 5) is 0. The van der Waals surface area contributed by atoms with Gasteiger partial charge in [0.25, 0.3) is 0 Å². The molecule has 0 aliphatic carbocycles. The van der Waals surface area contributed by atoms with Crippen LogP contribution in [0.2, 0.25) is 0 Å². The smallest absolute Gasteiger partial charge is 0.128 e. The van der Waals surface area contributed by atoms with Gasteiger partial charge in [-0.3, -0.25) is 0 Å². The Hall–Kier alpha value is -0.340. The molecule has 4 heteroatoms. The molecule has 0 atom stereocenters. The quantitative estimate of drug-likeness (QED) is 0.657. The van der Waals surface area contributed by atoms with Gasteiger partial charge in [0.2, 0.25) is 0 Å². The van der Waals surface area contributed by atoms with Gasteiger partial charge in [0.15, 0.2) is 0 Å². The highest BCUT2D eigenvalue weighted by Gasteiger charge is 2.11. The summed E-state index contributed by atoms with van der Waals surface area (Å²) in [5.41, 5.74) is 0.290. The number of alkyl halides is 2. The third kappa shape index (κ3) is 1.70. The predicted molar refractivity (Wildman–Crippen MR) is 45.5 cm³/mol. The van der Waals surface area contributed by atoms with Crippen molar-refractivity contribution >= 4 is 23.2 Å². The third-order valence-electron chi connectivity index (χ3n) is 1.58. The van der Waals surface area contributed by atoms with Crippen LogP contribution in [-0.2, 0) is 11.8 Å². The number of hydrogen-bond acceptors (Lipinski definition) is 0. The van der Waals surface area contributed by atoms with E-state index in [-0.39, 0.29) is 22.9 Å². The van der Waals surface area contributed by atoms with Crippen molar-refractivity contribution in [2.24, 2.45) is 0 Å². The molecule has 0 saturated heterocycles. The van der Waals surface area contributed by atoms with Gasteiger partial charge in [-0.15, -0.1) is 23.2 Å². The van der Waals surface area contributed by atoms with Crippen molar-refractivity contribution in [2.45, 2.75) is 11.8 Å². The molecule has 66 valence electrons. The van der Waals surface area contributed by atoms with E-state index in [0.29, 0.717) is 0 Å². The van der Waals surface area contributed by atoms with E-state index in [0.717, 1.165) is 12.1 Å². The van der Waals surface area contributed by atoms with Gasteiger partial charge < -0.3 is 0 Å². The number of benzene rings is 1. The van der Waals surface area contributed by atoms with E-state index >= 15 is 0 Å². The first-order valence-corrected chi connectivity index (χ1v) is 4.35. The summed E-state index contributed by atoms with van der Waals surface area (Å²) in [7, 11) is 0. The van der Waals surface area contributed by atoms with Gasteiger partial charge in [-0.1, -0.05) is 0 Å². The Morgan fingerprint density at radius 1 is 0.917 bits per heavy atom. The molecule has 12 heavy (non-hydrogen) atoms. The fraction of sp³-hybridized carbons (Fsp3) is 0.250. The van der Waals surface area contributed by atoms with Gasteiger partial charge in [-0.05, 0) is 12.1 Å². The van der Waals surface area contributed by atoms with E-state index in [4.69, 9.17) is 23.2 Å². The third-order valence-corrected chi connectivity index (χ3v) is 2.12. The van der Waals surface area contributed by atoms with Gasteiger partial charge in [0, 0.05) is 11.1 Å². The molecule has 0 aliphatic rings. The van der Waals surface area contributed by atoms with Crippen molar-refractivity contribution in [3.8, 4) is 0 Å². The van der Waals surface area contributed by atoms with Crippen molar-refractivity contribution in [3.05, 3.63) is 34.9 Å². The van der Waals surface area contributed by atoms with Gasteiger partial charge in [0.1, 0.15) is 11.6 Å². The minimum atomic E-state index is -0.512. The molecular formula is C8H6Cl2F2. The van der Waals surface area contributed by atoms with Crippen LogP contribution < -0.4 is 0 Å². The molecule has 0 aliphatic heterocycles. The standard InChI is InChI=1S/C8H6Cl2F2/c9-3-5-6(4-10)8(12)2-1-7(5)11/h1-2H,3-4H2. The normalized spacial score (nSPS) is 10.3. The maximum atomic E-state index is 12.9. The van der Waals surface area contributed by atoms with Crippen LogP contribution in [-0.4, -0.2) is 0 Å². The highest BCUT2D eigenvalue weighted by molar-refractivity contribution is 6.18. The Morgan fingerprint density at radius 2 is 1.25 bits per heavy atom. The van der Waals surface area contributed by atoms with Crippen LogP contribution in [0.1, 0.15) is 11.1 Å². The second-order valence-corrected chi connectivity index (χ2v) is 2.79. The Labute approximate surface area is 79.1 Å². The largest absolute Gasteiger partial charge is 0.207 e. The molecular weight excluding hydrogens is 205 g/mol. The van der Waals surface area contributed by atoms with Crippen LogP contribution in [0.3, 0.4) is 0 Å². The molecule has 0 heterocycles. The van der Waals surface area contributed by atoms with Crippen molar-refractivity contribution in [1.82, 2.24) is 0 Å². The average Bonchev–Trinajstić information content (AvgIpc) is 2.08. The molecule has 0 aromatic heterocycles. The molecule has 0 unspecified atom stereocenters. The molecule has 1 aromatic carbocycles. The zero-order valence-corrected chi connectivity index (χ0v) is 7.59. The number of hydrogen-bond donors (Lipinski definition) is 0. The predicted octanol–water partition coefficient (Wildman–Crippen LogP) is 3.44. The second-order valence-electron chi connectivity index (χ2n) is 2.25. The fourth-order valence-electron chi connectivity index (χ4n) is 0.925. The SMILES string of the molecule is Fc1ccc(F)c(CCl)c1CCl.